The summed E-state index contributed by atoms with van der Waals surface area (Å²) in [7, 11) is 0. The van der Waals surface area contributed by atoms with E-state index >= 15 is 0 Å². The van der Waals surface area contributed by atoms with E-state index in [2.05, 4.69) is 6.92 Å². The quantitative estimate of drug-likeness (QED) is 0.691. The first-order valence-electron chi connectivity index (χ1n) is 5.80. The first kappa shape index (κ1) is 13.0. The molecule has 0 aliphatic carbocycles. The third-order valence-electron chi connectivity index (χ3n) is 2.92. The molecule has 1 rings (SSSR count). The Balaban J connectivity index is 2.23. The lowest BCUT2D eigenvalue weighted by atomic mass is 9.95. The van der Waals surface area contributed by atoms with Crippen molar-refractivity contribution in [2.75, 3.05) is 13.1 Å². The maximum atomic E-state index is 11.7. The largest absolute Gasteiger partial charge is 0.481 e. The van der Waals surface area contributed by atoms with Crippen LogP contribution >= 0.6 is 0 Å². The van der Waals surface area contributed by atoms with Crippen LogP contribution in [0.2, 0.25) is 0 Å². The molecule has 92 valence electrons. The molecule has 16 heavy (non-hydrogen) atoms. The highest BCUT2D eigenvalue weighted by Crippen LogP contribution is 2.20. The number of carbonyl (C=O) groups is 2. The van der Waals surface area contributed by atoms with Gasteiger partial charge in [-0.2, -0.15) is 0 Å². The van der Waals surface area contributed by atoms with Crippen molar-refractivity contribution < 1.29 is 14.7 Å². The van der Waals surface area contributed by atoms with Crippen molar-refractivity contribution in [1.82, 2.24) is 4.90 Å². The van der Waals surface area contributed by atoms with Crippen molar-refractivity contribution in [2.24, 2.45) is 11.7 Å². The Morgan fingerprint density at radius 3 is 2.62 bits per heavy atom. The standard InChI is InChI=1S/C11H20N2O3/c1-2-3-4-9(12)11(16)13-6-8(7-13)5-10(14)15/h8-9H,2-7,12H2,1H3,(H,14,15). The van der Waals surface area contributed by atoms with Crippen LogP contribution in [0.1, 0.15) is 32.6 Å². The second-order valence-electron chi connectivity index (χ2n) is 4.46. The van der Waals surface area contributed by atoms with Gasteiger partial charge in [0, 0.05) is 19.0 Å². The van der Waals surface area contributed by atoms with Crippen LogP contribution in [-0.2, 0) is 9.59 Å². The van der Waals surface area contributed by atoms with E-state index < -0.39 is 12.0 Å². The third kappa shape index (κ3) is 3.48. The highest BCUT2D eigenvalue weighted by atomic mass is 16.4. The van der Waals surface area contributed by atoms with Crippen LogP contribution in [0, 0.1) is 5.92 Å². The van der Waals surface area contributed by atoms with E-state index in [9.17, 15) is 9.59 Å². The van der Waals surface area contributed by atoms with Gasteiger partial charge in [-0.3, -0.25) is 9.59 Å². The minimum Gasteiger partial charge on any atom is -0.481 e. The van der Waals surface area contributed by atoms with Crippen molar-refractivity contribution in [3.63, 3.8) is 0 Å². The molecular weight excluding hydrogens is 208 g/mol. The van der Waals surface area contributed by atoms with E-state index in [4.69, 9.17) is 10.8 Å². The summed E-state index contributed by atoms with van der Waals surface area (Å²) in [6, 6.07) is -0.411. The lowest BCUT2D eigenvalue weighted by Crippen LogP contribution is -2.55. The second kappa shape index (κ2) is 5.84. The molecule has 5 heteroatoms. The highest BCUT2D eigenvalue weighted by Gasteiger charge is 2.33. The predicted octanol–water partition coefficient (Wildman–Crippen LogP) is 0.437. The molecule has 1 atom stereocenters. The van der Waals surface area contributed by atoms with Crippen molar-refractivity contribution >= 4 is 11.9 Å². The Bertz CT molecular complexity index is 262. The molecule has 0 aromatic carbocycles. The van der Waals surface area contributed by atoms with Gasteiger partial charge in [-0.1, -0.05) is 19.8 Å². The number of carboxylic acids is 1. The molecule has 1 heterocycles. The first-order valence-corrected chi connectivity index (χ1v) is 5.80. The van der Waals surface area contributed by atoms with Crippen LogP contribution in [0.15, 0.2) is 0 Å². The number of nitrogens with zero attached hydrogens (tertiary/aromatic N) is 1. The van der Waals surface area contributed by atoms with E-state index in [0.717, 1.165) is 19.3 Å². The Kier molecular flexibility index (Phi) is 4.73. The molecule has 1 saturated heterocycles. The molecule has 0 saturated carbocycles. The average molecular weight is 228 g/mol. The molecule has 1 unspecified atom stereocenters. The van der Waals surface area contributed by atoms with Gasteiger partial charge in [-0.05, 0) is 6.42 Å². The summed E-state index contributed by atoms with van der Waals surface area (Å²) >= 11 is 0. The van der Waals surface area contributed by atoms with Crippen LogP contribution in [0.4, 0.5) is 0 Å². The zero-order valence-corrected chi connectivity index (χ0v) is 9.69. The molecule has 1 aliphatic heterocycles. The van der Waals surface area contributed by atoms with Crippen molar-refractivity contribution in [3.8, 4) is 0 Å². The van der Waals surface area contributed by atoms with E-state index in [-0.39, 0.29) is 18.2 Å². The van der Waals surface area contributed by atoms with E-state index in [1.807, 2.05) is 0 Å². The molecule has 3 N–H and O–H groups in total. The first-order chi connectivity index (χ1) is 7.54. The SMILES string of the molecule is CCCCC(N)C(=O)N1CC(CC(=O)O)C1. The lowest BCUT2D eigenvalue weighted by molar-refractivity contribution is -0.145. The molecule has 1 amide bonds. The second-order valence-corrected chi connectivity index (χ2v) is 4.46. The maximum absolute atomic E-state index is 11.7. The molecule has 0 radical (unpaired) electrons. The van der Waals surface area contributed by atoms with E-state index in [1.165, 1.54) is 0 Å². The van der Waals surface area contributed by atoms with Crippen LogP contribution in [0.5, 0.6) is 0 Å². The van der Waals surface area contributed by atoms with Crippen LogP contribution < -0.4 is 5.73 Å². The molecule has 0 spiro atoms. The van der Waals surface area contributed by atoms with Gasteiger partial charge in [0.15, 0.2) is 0 Å². The molecule has 0 aromatic heterocycles. The average Bonchev–Trinajstić information content (AvgIpc) is 2.18. The van der Waals surface area contributed by atoms with Crippen LogP contribution in [0.25, 0.3) is 0 Å². The highest BCUT2D eigenvalue weighted by molar-refractivity contribution is 5.82. The Morgan fingerprint density at radius 2 is 2.12 bits per heavy atom. The smallest absolute Gasteiger partial charge is 0.303 e. The third-order valence-corrected chi connectivity index (χ3v) is 2.92. The van der Waals surface area contributed by atoms with E-state index in [0.29, 0.717) is 13.1 Å². The fourth-order valence-corrected chi connectivity index (χ4v) is 1.91. The molecular formula is C11H20N2O3. The number of carboxylic acid groups (broad SMARTS) is 1. The fourth-order valence-electron chi connectivity index (χ4n) is 1.91. The van der Waals surface area contributed by atoms with Gasteiger partial charge in [-0.15, -0.1) is 0 Å². The van der Waals surface area contributed by atoms with E-state index in [1.54, 1.807) is 4.90 Å². The number of hydrogen-bond acceptors (Lipinski definition) is 3. The molecule has 1 aliphatic rings. The number of aliphatic carboxylic acids is 1. The van der Waals surface area contributed by atoms with Crippen molar-refractivity contribution in [3.05, 3.63) is 0 Å². The van der Waals surface area contributed by atoms with Gasteiger partial charge in [0.05, 0.1) is 12.5 Å². The predicted molar refractivity (Wildman–Crippen MR) is 59.8 cm³/mol. The minimum atomic E-state index is -0.799. The van der Waals surface area contributed by atoms with Crippen LogP contribution in [0.3, 0.4) is 0 Å². The number of nitrogens with two attached hydrogens (primary N) is 1. The summed E-state index contributed by atoms with van der Waals surface area (Å²) in [5, 5.41) is 8.57. The summed E-state index contributed by atoms with van der Waals surface area (Å²) in [6.07, 6.45) is 2.85. The van der Waals surface area contributed by atoms with Gasteiger partial charge >= 0.3 is 5.97 Å². The van der Waals surface area contributed by atoms with Gasteiger partial charge in [0.25, 0.3) is 0 Å². The minimum absolute atomic E-state index is 0.0323. The molecule has 1 fully saturated rings. The topological polar surface area (TPSA) is 83.6 Å². The monoisotopic (exact) mass is 228 g/mol. The summed E-state index contributed by atoms with van der Waals surface area (Å²) in [5.41, 5.74) is 5.75. The number of hydrogen-bond donors (Lipinski definition) is 2. The number of likely N-dealkylation sites (tertiary alicyclic amines) is 1. The molecule has 0 aromatic rings. The van der Waals surface area contributed by atoms with Gasteiger partial charge in [-0.25, -0.2) is 0 Å². The van der Waals surface area contributed by atoms with Crippen molar-refractivity contribution in [2.45, 2.75) is 38.6 Å². The van der Waals surface area contributed by atoms with Crippen LogP contribution in [-0.4, -0.2) is 41.0 Å². The lowest BCUT2D eigenvalue weighted by Gasteiger charge is -2.39. The van der Waals surface area contributed by atoms with Crippen molar-refractivity contribution in [1.29, 1.82) is 0 Å². The fraction of sp³-hybridized carbons (Fsp3) is 0.818. The number of rotatable bonds is 6. The maximum Gasteiger partial charge on any atom is 0.303 e. The number of unbranched alkanes of at least 4 members (excludes halogenated alkanes) is 1. The molecule has 0 bridgehead atoms. The summed E-state index contributed by atoms with van der Waals surface area (Å²) in [5.74, 6) is -0.720. The van der Waals surface area contributed by atoms with Gasteiger partial charge < -0.3 is 15.7 Å². The zero-order chi connectivity index (χ0) is 12.1. The summed E-state index contributed by atoms with van der Waals surface area (Å²) in [4.78, 5) is 23.8. The zero-order valence-electron chi connectivity index (χ0n) is 9.69. The molecule has 5 nitrogen and oxygen atoms in total. The van der Waals surface area contributed by atoms with Gasteiger partial charge in [0.1, 0.15) is 0 Å². The summed E-state index contributed by atoms with van der Waals surface area (Å²) in [6.45, 7) is 3.15. The summed E-state index contributed by atoms with van der Waals surface area (Å²) < 4.78 is 0. The number of carbonyl (C=O) groups excluding carboxylic acids is 1. The Morgan fingerprint density at radius 1 is 1.50 bits per heavy atom. The Hall–Kier alpha value is -1.10. The Labute approximate surface area is 95.6 Å². The normalized spacial score (nSPS) is 18.0. The van der Waals surface area contributed by atoms with Gasteiger partial charge in [0.2, 0.25) is 5.91 Å². The number of amides is 1.